The molecule has 3 saturated carbocycles. The van der Waals surface area contributed by atoms with Crippen LogP contribution in [0.15, 0.2) is 35.5 Å². The predicted octanol–water partition coefficient (Wildman–Crippen LogP) is 5.00. The van der Waals surface area contributed by atoms with Crippen molar-refractivity contribution in [2.45, 2.75) is 109 Å². The van der Waals surface area contributed by atoms with Crippen molar-refractivity contribution in [2.75, 3.05) is 13.1 Å². The number of aliphatic hydroxyl groups excluding tert-OH is 2. The highest BCUT2D eigenvalue weighted by atomic mass is 16.3. The normalized spacial score (nSPS) is 41.7. The molecule has 1 aliphatic heterocycles. The Morgan fingerprint density at radius 2 is 1.94 bits per heavy atom. The molecule has 1 heterocycles. The molecule has 0 spiro atoms. The highest BCUT2D eigenvalue weighted by Gasteiger charge is 2.51. The van der Waals surface area contributed by atoms with E-state index in [9.17, 15) is 15.3 Å². The summed E-state index contributed by atoms with van der Waals surface area (Å²) < 4.78 is 0. The number of allylic oxidation sites excluding steroid dienone is 3. The monoisotopic (exact) mass is 457 g/mol. The zero-order valence-electron chi connectivity index (χ0n) is 21.4. The van der Waals surface area contributed by atoms with Crippen LogP contribution >= 0.6 is 0 Å². The molecule has 7 atom stereocenters. The lowest BCUT2D eigenvalue weighted by atomic mass is 9.61. The molecule has 0 aromatic carbocycles. The van der Waals surface area contributed by atoms with Gasteiger partial charge >= 0.3 is 0 Å². The second kappa shape index (κ2) is 9.60. The van der Waals surface area contributed by atoms with Crippen LogP contribution in [-0.2, 0) is 0 Å². The number of nitrogens with zero attached hydrogens (tertiary/aromatic N) is 1. The number of hydrogen-bond donors (Lipinski definition) is 3. The van der Waals surface area contributed by atoms with E-state index in [-0.39, 0.29) is 6.04 Å². The van der Waals surface area contributed by atoms with Gasteiger partial charge in [0.05, 0.1) is 17.8 Å². The Balaban J connectivity index is 1.48. The fourth-order valence-corrected chi connectivity index (χ4v) is 8.02. The fourth-order valence-electron chi connectivity index (χ4n) is 8.02. The van der Waals surface area contributed by atoms with Crippen LogP contribution in [0, 0.1) is 23.2 Å². The Morgan fingerprint density at radius 1 is 1.18 bits per heavy atom. The smallest absolute Gasteiger partial charge is 0.0811 e. The second-order valence-corrected chi connectivity index (χ2v) is 12.4. The summed E-state index contributed by atoms with van der Waals surface area (Å²) in [5, 5.41) is 30.9. The molecule has 186 valence electrons. The van der Waals surface area contributed by atoms with Crippen molar-refractivity contribution in [2.24, 2.45) is 23.2 Å². The number of rotatable bonds is 5. The van der Waals surface area contributed by atoms with Crippen molar-refractivity contribution >= 4 is 0 Å². The molecule has 4 heteroatoms. The van der Waals surface area contributed by atoms with Crippen LogP contribution in [0.2, 0.25) is 0 Å². The molecule has 0 radical (unpaired) electrons. The Bertz CT molecular complexity index is 793. The minimum absolute atomic E-state index is 0.285. The van der Waals surface area contributed by atoms with E-state index >= 15 is 0 Å². The third kappa shape index (κ3) is 5.05. The van der Waals surface area contributed by atoms with Gasteiger partial charge in [-0.2, -0.15) is 0 Å². The maximum Gasteiger partial charge on any atom is 0.0811 e. The van der Waals surface area contributed by atoms with Gasteiger partial charge in [0.2, 0.25) is 0 Å². The van der Waals surface area contributed by atoms with Crippen molar-refractivity contribution in [1.29, 1.82) is 0 Å². The van der Waals surface area contributed by atoms with Crippen LogP contribution < -0.4 is 0 Å². The molecule has 0 bridgehead atoms. The molecule has 3 aliphatic carbocycles. The first kappa shape index (κ1) is 25.2. The Morgan fingerprint density at radius 3 is 2.67 bits per heavy atom. The molecule has 4 fully saturated rings. The minimum atomic E-state index is -0.628. The maximum atomic E-state index is 10.7. The van der Waals surface area contributed by atoms with E-state index < -0.39 is 17.8 Å². The van der Waals surface area contributed by atoms with E-state index in [1.807, 2.05) is 13.8 Å². The van der Waals surface area contributed by atoms with Crippen molar-refractivity contribution in [3.8, 4) is 0 Å². The summed E-state index contributed by atoms with van der Waals surface area (Å²) >= 11 is 0. The van der Waals surface area contributed by atoms with Gasteiger partial charge in [-0.25, -0.2) is 0 Å². The standard InChI is InChI=1S/C29H47NO3/c1-19(18-30-15-7-9-27(30)28(3,4)33)24-12-13-25-21(8-6-14-29(24,25)5)10-11-22-16-23(31)17-26(32)20(22)2/h10-11,19,23-27,31-33H,2,6-9,12-18H2,1,3-5H3/b21-10+,22-11-/t19?,23-,24-,25+,26+,27+,29-/m1/s1. The largest absolute Gasteiger partial charge is 0.393 e. The van der Waals surface area contributed by atoms with Gasteiger partial charge in [-0.1, -0.05) is 38.2 Å². The number of hydrogen-bond acceptors (Lipinski definition) is 4. The van der Waals surface area contributed by atoms with Crippen LogP contribution in [0.5, 0.6) is 0 Å². The first-order chi connectivity index (χ1) is 15.5. The molecular weight excluding hydrogens is 410 g/mol. The molecule has 0 amide bonds. The van der Waals surface area contributed by atoms with Crippen molar-refractivity contribution in [3.63, 3.8) is 0 Å². The van der Waals surface area contributed by atoms with Crippen LogP contribution in [-0.4, -0.2) is 57.2 Å². The average molecular weight is 458 g/mol. The summed E-state index contributed by atoms with van der Waals surface area (Å²) in [5.41, 5.74) is 3.06. The molecule has 1 saturated heterocycles. The van der Waals surface area contributed by atoms with E-state index in [0.717, 1.165) is 43.0 Å². The molecule has 4 rings (SSSR count). The third-order valence-electron chi connectivity index (χ3n) is 9.69. The zero-order chi connectivity index (χ0) is 24.0. The Kier molecular flexibility index (Phi) is 7.32. The summed E-state index contributed by atoms with van der Waals surface area (Å²) in [6.45, 7) is 15.2. The highest BCUT2D eigenvalue weighted by Crippen LogP contribution is 2.59. The number of likely N-dealkylation sites (tertiary alicyclic amines) is 1. The molecule has 4 aliphatic rings. The van der Waals surface area contributed by atoms with Crippen molar-refractivity contribution in [3.05, 3.63) is 35.5 Å². The highest BCUT2D eigenvalue weighted by molar-refractivity contribution is 5.38. The zero-order valence-corrected chi connectivity index (χ0v) is 21.4. The summed E-state index contributed by atoms with van der Waals surface area (Å²) in [5.74, 6) is 1.98. The van der Waals surface area contributed by atoms with Gasteiger partial charge in [0.25, 0.3) is 0 Å². The van der Waals surface area contributed by atoms with Crippen molar-refractivity contribution < 1.29 is 15.3 Å². The minimum Gasteiger partial charge on any atom is -0.393 e. The molecule has 3 N–H and O–H groups in total. The molecule has 0 aromatic heterocycles. The van der Waals surface area contributed by atoms with E-state index in [1.54, 1.807) is 5.57 Å². The van der Waals surface area contributed by atoms with Gasteiger partial charge in [0.15, 0.2) is 0 Å². The van der Waals surface area contributed by atoms with Gasteiger partial charge in [-0.05, 0) is 106 Å². The summed E-state index contributed by atoms with van der Waals surface area (Å²) in [6.07, 6.45) is 12.9. The topological polar surface area (TPSA) is 63.9 Å². The summed E-state index contributed by atoms with van der Waals surface area (Å²) in [6, 6.07) is 0.285. The van der Waals surface area contributed by atoms with Crippen LogP contribution in [0.4, 0.5) is 0 Å². The quantitative estimate of drug-likeness (QED) is 0.544. The van der Waals surface area contributed by atoms with E-state index in [4.69, 9.17) is 0 Å². The van der Waals surface area contributed by atoms with Gasteiger partial charge < -0.3 is 15.3 Å². The van der Waals surface area contributed by atoms with E-state index in [1.165, 1.54) is 32.1 Å². The van der Waals surface area contributed by atoms with Gasteiger partial charge in [0, 0.05) is 19.0 Å². The Labute approximate surface area is 201 Å². The van der Waals surface area contributed by atoms with E-state index in [0.29, 0.717) is 30.1 Å². The maximum absolute atomic E-state index is 10.7. The van der Waals surface area contributed by atoms with Gasteiger partial charge in [-0.15, -0.1) is 0 Å². The first-order valence-corrected chi connectivity index (χ1v) is 13.4. The molecule has 1 unspecified atom stereocenters. The van der Waals surface area contributed by atoms with Crippen molar-refractivity contribution in [1.82, 2.24) is 4.90 Å². The van der Waals surface area contributed by atoms with Crippen LogP contribution in [0.25, 0.3) is 0 Å². The SMILES string of the molecule is C=C1/C(=C\C=C2/CCC[C@]3(C)[C@@H](C(C)CN4CCC[C@H]4C(C)(C)O)CC[C@@H]23)C[C@@H](O)C[C@@H]1O. The van der Waals surface area contributed by atoms with Crippen LogP contribution in [0.3, 0.4) is 0 Å². The van der Waals surface area contributed by atoms with Crippen LogP contribution in [0.1, 0.15) is 85.5 Å². The number of fused-ring (bicyclic) bond motifs is 1. The molecule has 4 nitrogen and oxygen atoms in total. The second-order valence-electron chi connectivity index (χ2n) is 12.4. The van der Waals surface area contributed by atoms with E-state index in [2.05, 4.69) is 37.5 Å². The average Bonchev–Trinajstić information content (AvgIpc) is 3.33. The lowest BCUT2D eigenvalue weighted by Crippen LogP contribution is -2.48. The van der Waals surface area contributed by atoms with Gasteiger partial charge in [-0.3, -0.25) is 4.90 Å². The molecule has 0 aromatic rings. The fraction of sp³-hybridized carbons (Fsp3) is 0.793. The first-order valence-electron chi connectivity index (χ1n) is 13.4. The molecule has 33 heavy (non-hydrogen) atoms. The predicted molar refractivity (Wildman–Crippen MR) is 135 cm³/mol. The molecular formula is C29H47NO3. The summed E-state index contributed by atoms with van der Waals surface area (Å²) in [4.78, 5) is 2.57. The van der Waals surface area contributed by atoms with Gasteiger partial charge in [0.1, 0.15) is 0 Å². The lowest BCUT2D eigenvalue weighted by Gasteiger charge is -2.45. The lowest BCUT2D eigenvalue weighted by molar-refractivity contribution is -0.0143. The number of aliphatic hydroxyl groups is 3. The Hall–Kier alpha value is -0.940. The summed E-state index contributed by atoms with van der Waals surface area (Å²) in [7, 11) is 0. The third-order valence-corrected chi connectivity index (χ3v) is 9.69.